The van der Waals surface area contributed by atoms with Gasteiger partial charge in [-0.05, 0) is 43.0 Å². The van der Waals surface area contributed by atoms with E-state index in [1.807, 2.05) is 36.4 Å². The maximum atomic E-state index is 12.4. The molecule has 1 aromatic carbocycles. The Morgan fingerprint density at radius 2 is 2.12 bits per heavy atom. The lowest BCUT2D eigenvalue weighted by Crippen LogP contribution is -2.33. The predicted octanol–water partition coefficient (Wildman–Crippen LogP) is 2.64. The lowest BCUT2D eigenvalue weighted by molar-refractivity contribution is -0.125. The molecule has 0 saturated carbocycles. The molecule has 5 heteroatoms. The van der Waals surface area contributed by atoms with Gasteiger partial charge in [-0.2, -0.15) is 0 Å². The highest BCUT2D eigenvalue weighted by atomic mass is 16.5. The largest absolute Gasteiger partial charge is 0.493 e. The number of hydrogen-bond acceptors (Lipinski definition) is 4. The average molecular weight is 325 g/mol. The third-order valence-electron chi connectivity index (χ3n) is 4.18. The van der Waals surface area contributed by atoms with Crippen LogP contribution in [0.2, 0.25) is 0 Å². The first kappa shape index (κ1) is 16.3. The minimum atomic E-state index is -0.0140. The summed E-state index contributed by atoms with van der Waals surface area (Å²) in [5.41, 5.74) is 2.12. The Hall–Kier alpha value is -2.56. The third-order valence-corrected chi connectivity index (χ3v) is 4.18. The van der Waals surface area contributed by atoms with Gasteiger partial charge in [0.05, 0.1) is 12.3 Å². The molecule has 126 valence electrons. The highest BCUT2D eigenvalue weighted by molar-refractivity contribution is 5.79. The molecule has 1 unspecified atom stereocenters. The number of nitrogens with one attached hydrogen (secondary N) is 2. The van der Waals surface area contributed by atoms with Crippen LogP contribution in [0.3, 0.4) is 0 Å². The molecule has 2 N–H and O–H groups in total. The first-order valence-corrected chi connectivity index (χ1v) is 8.45. The maximum Gasteiger partial charge on any atom is 0.223 e. The summed E-state index contributed by atoms with van der Waals surface area (Å²) in [7, 11) is 0. The molecule has 0 spiro atoms. The fourth-order valence-electron chi connectivity index (χ4n) is 2.86. The number of pyridine rings is 1. The molecule has 3 rings (SSSR count). The van der Waals surface area contributed by atoms with Gasteiger partial charge in [0.15, 0.2) is 0 Å². The van der Waals surface area contributed by atoms with Crippen molar-refractivity contribution in [1.82, 2.24) is 10.3 Å². The molecule has 1 aromatic heterocycles. The van der Waals surface area contributed by atoms with Crippen LogP contribution in [0.25, 0.3) is 0 Å². The molecule has 1 atom stereocenters. The van der Waals surface area contributed by atoms with E-state index in [0.29, 0.717) is 13.2 Å². The molecule has 1 aliphatic rings. The highest BCUT2D eigenvalue weighted by Crippen LogP contribution is 2.26. The summed E-state index contributed by atoms with van der Waals surface area (Å²) < 4.78 is 5.72. The van der Waals surface area contributed by atoms with Crippen molar-refractivity contribution in [1.29, 1.82) is 0 Å². The van der Waals surface area contributed by atoms with Gasteiger partial charge in [0, 0.05) is 31.4 Å². The van der Waals surface area contributed by atoms with E-state index in [2.05, 4.69) is 15.6 Å². The first-order valence-electron chi connectivity index (χ1n) is 8.45. The number of amides is 1. The van der Waals surface area contributed by atoms with E-state index in [0.717, 1.165) is 42.8 Å². The topological polar surface area (TPSA) is 63.2 Å². The average Bonchev–Trinajstić information content (AvgIpc) is 2.84. The van der Waals surface area contributed by atoms with Crippen molar-refractivity contribution in [2.75, 3.05) is 25.0 Å². The van der Waals surface area contributed by atoms with Crippen LogP contribution in [-0.2, 0) is 11.2 Å². The summed E-state index contributed by atoms with van der Waals surface area (Å²) in [6, 6.07) is 11.9. The molecule has 0 aliphatic carbocycles. The van der Waals surface area contributed by atoms with Crippen molar-refractivity contribution < 1.29 is 9.53 Å². The summed E-state index contributed by atoms with van der Waals surface area (Å²) in [4.78, 5) is 16.5. The van der Waals surface area contributed by atoms with Crippen LogP contribution in [0.1, 0.15) is 18.4 Å². The number of ether oxygens (including phenoxy) is 1. The van der Waals surface area contributed by atoms with Gasteiger partial charge in [0.2, 0.25) is 5.91 Å². The second-order valence-electron chi connectivity index (χ2n) is 5.96. The van der Waals surface area contributed by atoms with Gasteiger partial charge >= 0.3 is 0 Å². The number of rotatable bonds is 6. The lowest BCUT2D eigenvalue weighted by atomic mass is 9.96. The zero-order valence-electron chi connectivity index (χ0n) is 13.7. The number of anilines is 1. The van der Waals surface area contributed by atoms with E-state index >= 15 is 0 Å². The summed E-state index contributed by atoms with van der Waals surface area (Å²) in [6.45, 7) is 2.07. The second-order valence-corrected chi connectivity index (χ2v) is 5.96. The summed E-state index contributed by atoms with van der Waals surface area (Å²) in [5, 5.41) is 6.33. The summed E-state index contributed by atoms with van der Waals surface area (Å²) in [6.07, 6.45) is 5.92. The molecule has 1 aliphatic heterocycles. The van der Waals surface area contributed by atoms with Crippen LogP contribution in [0.4, 0.5) is 5.69 Å². The molecular formula is C19H23N3O2. The van der Waals surface area contributed by atoms with Crippen molar-refractivity contribution in [3.63, 3.8) is 0 Å². The van der Waals surface area contributed by atoms with Gasteiger partial charge in [0.1, 0.15) is 5.75 Å². The van der Waals surface area contributed by atoms with Crippen molar-refractivity contribution >= 4 is 11.6 Å². The van der Waals surface area contributed by atoms with E-state index in [1.54, 1.807) is 12.4 Å². The van der Waals surface area contributed by atoms with E-state index in [4.69, 9.17) is 4.74 Å². The van der Waals surface area contributed by atoms with Crippen LogP contribution >= 0.6 is 0 Å². The van der Waals surface area contributed by atoms with Crippen LogP contribution in [0.5, 0.6) is 5.75 Å². The SMILES string of the molecule is O=C(NCCCNc1cccnc1)C1CCOc2ccccc2C1. The number of hydrogen-bond donors (Lipinski definition) is 2. The maximum absolute atomic E-state index is 12.4. The minimum Gasteiger partial charge on any atom is -0.493 e. The van der Waals surface area contributed by atoms with Crippen LogP contribution in [0.15, 0.2) is 48.8 Å². The minimum absolute atomic E-state index is 0.0140. The Bertz CT molecular complexity index is 661. The van der Waals surface area contributed by atoms with Crippen LogP contribution in [0, 0.1) is 5.92 Å². The fourth-order valence-corrected chi connectivity index (χ4v) is 2.86. The molecule has 2 aromatic rings. The monoisotopic (exact) mass is 325 g/mol. The zero-order chi connectivity index (χ0) is 16.6. The summed E-state index contributed by atoms with van der Waals surface area (Å²) in [5.74, 6) is 1.02. The van der Waals surface area contributed by atoms with Gasteiger partial charge in [-0.3, -0.25) is 9.78 Å². The summed E-state index contributed by atoms with van der Waals surface area (Å²) >= 11 is 0. The normalized spacial score (nSPS) is 16.4. The number of carbonyl (C=O) groups excluding carboxylic acids is 1. The van der Waals surface area contributed by atoms with Crippen molar-refractivity contribution in [2.24, 2.45) is 5.92 Å². The number of nitrogens with zero attached hydrogens (tertiary/aromatic N) is 1. The van der Waals surface area contributed by atoms with Gasteiger partial charge in [-0.1, -0.05) is 18.2 Å². The Morgan fingerprint density at radius 3 is 3.00 bits per heavy atom. The number of para-hydroxylation sites is 1. The van der Waals surface area contributed by atoms with Gasteiger partial charge in [-0.15, -0.1) is 0 Å². The van der Waals surface area contributed by atoms with Gasteiger partial charge < -0.3 is 15.4 Å². The molecule has 0 fully saturated rings. The molecule has 1 amide bonds. The quantitative estimate of drug-likeness (QED) is 0.802. The molecular weight excluding hydrogens is 302 g/mol. The zero-order valence-corrected chi connectivity index (χ0v) is 13.7. The van der Waals surface area contributed by atoms with Crippen LogP contribution in [-0.4, -0.2) is 30.6 Å². The molecule has 0 radical (unpaired) electrons. The molecule has 0 saturated heterocycles. The third kappa shape index (κ3) is 4.47. The van der Waals surface area contributed by atoms with Crippen LogP contribution < -0.4 is 15.4 Å². The van der Waals surface area contributed by atoms with Gasteiger partial charge in [0.25, 0.3) is 0 Å². The Morgan fingerprint density at radius 1 is 1.21 bits per heavy atom. The Balaban J connectivity index is 1.40. The lowest BCUT2D eigenvalue weighted by Gasteiger charge is -2.14. The van der Waals surface area contributed by atoms with E-state index in [9.17, 15) is 4.79 Å². The van der Waals surface area contributed by atoms with E-state index in [1.165, 1.54) is 0 Å². The number of carbonyl (C=O) groups is 1. The first-order chi connectivity index (χ1) is 11.8. The van der Waals surface area contributed by atoms with Gasteiger partial charge in [-0.25, -0.2) is 0 Å². The van der Waals surface area contributed by atoms with Crippen molar-refractivity contribution in [3.05, 3.63) is 54.4 Å². The molecule has 24 heavy (non-hydrogen) atoms. The predicted molar refractivity (Wildman–Crippen MR) is 94.1 cm³/mol. The molecule has 5 nitrogen and oxygen atoms in total. The fraction of sp³-hybridized carbons (Fsp3) is 0.368. The Kier molecular flexibility index (Phi) is 5.66. The Labute approximate surface area is 142 Å². The number of fused-ring (bicyclic) bond motifs is 1. The standard InChI is InChI=1S/C19H23N3O2/c23-19(22-11-4-10-21-17-6-3-9-20-14-17)16-8-12-24-18-7-2-1-5-15(18)13-16/h1-3,5-7,9,14,16,21H,4,8,10-13H2,(H,22,23). The van der Waals surface area contributed by atoms with E-state index in [-0.39, 0.29) is 11.8 Å². The smallest absolute Gasteiger partial charge is 0.223 e. The molecule has 2 heterocycles. The van der Waals surface area contributed by atoms with Crippen molar-refractivity contribution in [3.8, 4) is 5.75 Å². The van der Waals surface area contributed by atoms with Crippen molar-refractivity contribution in [2.45, 2.75) is 19.3 Å². The second kappa shape index (κ2) is 8.34. The highest BCUT2D eigenvalue weighted by Gasteiger charge is 2.23. The molecule has 0 bridgehead atoms. The number of aromatic nitrogens is 1. The number of benzene rings is 1. The van der Waals surface area contributed by atoms with E-state index < -0.39 is 0 Å².